The smallest absolute Gasteiger partial charge is 0.410 e. The fourth-order valence-electron chi connectivity index (χ4n) is 1.86. The summed E-state index contributed by atoms with van der Waals surface area (Å²) in [5, 5.41) is 10.4. The highest BCUT2D eigenvalue weighted by atomic mass is 79.9. The number of β-amino-alcohol motifs (C(OH)–C–C–N with tert-alkyl or cyclic N) is 1. The van der Waals surface area contributed by atoms with E-state index in [2.05, 4.69) is 20.9 Å². The van der Waals surface area contributed by atoms with Crippen molar-refractivity contribution in [1.29, 1.82) is 0 Å². The van der Waals surface area contributed by atoms with E-state index in [4.69, 9.17) is 4.74 Å². The number of amides is 1. The van der Waals surface area contributed by atoms with Crippen LogP contribution in [0.2, 0.25) is 0 Å². The first-order valence-corrected chi connectivity index (χ1v) is 6.81. The minimum atomic E-state index is -1.08. The van der Waals surface area contributed by atoms with Gasteiger partial charge in [-0.15, -0.1) is 0 Å². The molecule has 0 atom stereocenters. The van der Waals surface area contributed by atoms with E-state index < -0.39 is 17.3 Å². The lowest BCUT2D eigenvalue weighted by Crippen LogP contribution is -2.62. The third kappa shape index (κ3) is 3.25. The van der Waals surface area contributed by atoms with Crippen molar-refractivity contribution in [2.75, 3.05) is 13.1 Å². The van der Waals surface area contributed by atoms with Gasteiger partial charge in [0.15, 0.2) is 0 Å². The number of halogens is 1. The predicted molar refractivity (Wildman–Crippen MR) is 73.6 cm³/mol. The molecule has 0 spiro atoms. The summed E-state index contributed by atoms with van der Waals surface area (Å²) in [6.07, 6.45) is 1.21. The molecule has 1 aromatic rings. The molecule has 19 heavy (non-hydrogen) atoms. The minimum absolute atomic E-state index is 0.200. The van der Waals surface area contributed by atoms with Gasteiger partial charge in [-0.1, -0.05) is 15.9 Å². The third-order valence-corrected chi connectivity index (χ3v) is 3.25. The summed E-state index contributed by atoms with van der Waals surface area (Å²) in [7, 11) is 0. The molecule has 0 unspecified atom stereocenters. The summed E-state index contributed by atoms with van der Waals surface area (Å²) in [6, 6.07) is 3.55. The quantitative estimate of drug-likeness (QED) is 0.859. The number of ether oxygens (including phenoxy) is 1. The first kappa shape index (κ1) is 14.3. The molecule has 6 heteroatoms. The average molecular weight is 329 g/mol. The Balaban J connectivity index is 2.00. The summed E-state index contributed by atoms with van der Waals surface area (Å²) in [4.78, 5) is 17.4. The summed E-state index contributed by atoms with van der Waals surface area (Å²) in [5.41, 5.74) is -1.05. The van der Waals surface area contributed by atoms with Gasteiger partial charge in [0, 0.05) is 10.7 Å². The van der Waals surface area contributed by atoms with Crippen LogP contribution in [-0.4, -0.2) is 39.8 Å². The van der Waals surface area contributed by atoms with Crippen molar-refractivity contribution in [3.63, 3.8) is 0 Å². The van der Waals surface area contributed by atoms with Gasteiger partial charge in [-0.3, -0.25) is 4.98 Å². The van der Waals surface area contributed by atoms with E-state index in [0.717, 1.165) is 4.47 Å². The normalized spacial score (nSPS) is 17.8. The molecule has 1 N–H and O–H groups in total. The number of aromatic nitrogens is 1. The number of rotatable bonds is 1. The molecule has 2 heterocycles. The number of carbonyl (C=O) groups excluding carboxylic acids is 1. The van der Waals surface area contributed by atoms with Crippen molar-refractivity contribution < 1.29 is 14.6 Å². The molecule has 1 aliphatic rings. The van der Waals surface area contributed by atoms with E-state index in [-0.39, 0.29) is 13.1 Å². The molecule has 0 aromatic carbocycles. The van der Waals surface area contributed by atoms with Gasteiger partial charge in [-0.2, -0.15) is 0 Å². The van der Waals surface area contributed by atoms with Crippen LogP contribution in [0.4, 0.5) is 4.79 Å². The largest absolute Gasteiger partial charge is 0.444 e. The number of carbonyl (C=O) groups is 1. The van der Waals surface area contributed by atoms with Crippen LogP contribution in [0.5, 0.6) is 0 Å². The monoisotopic (exact) mass is 328 g/mol. The second kappa shape index (κ2) is 4.76. The molecule has 0 bridgehead atoms. The van der Waals surface area contributed by atoms with Crippen LogP contribution in [0.25, 0.3) is 0 Å². The Bertz CT molecular complexity index is 493. The lowest BCUT2D eigenvalue weighted by molar-refractivity contribution is -0.106. The predicted octanol–water partition coefficient (Wildman–Crippen LogP) is 2.28. The molecule has 0 aliphatic carbocycles. The maximum absolute atomic E-state index is 11.8. The average Bonchev–Trinajstić information content (AvgIpc) is 2.22. The fraction of sp³-hybridized carbons (Fsp3) is 0.538. The summed E-state index contributed by atoms with van der Waals surface area (Å²) in [6.45, 7) is 5.84. The molecule has 1 amide bonds. The number of hydrogen-bond acceptors (Lipinski definition) is 4. The Kier molecular flexibility index (Phi) is 3.57. The lowest BCUT2D eigenvalue weighted by Gasteiger charge is -2.45. The maximum atomic E-state index is 11.8. The first-order valence-electron chi connectivity index (χ1n) is 6.02. The molecule has 1 saturated heterocycles. The topological polar surface area (TPSA) is 62.7 Å². The van der Waals surface area contributed by atoms with Gasteiger partial charge in [0.05, 0.1) is 18.8 Å². The Morgan fingerprint density at radius 2 is 2.16 bits per heavy atom. The van der Waals surface area contributed by atoms with Crippen LogP contribution in [0.1, 0.15) is 26.5 Å². The second-order valence-electron chi connectivity index (χ2n) is 5.73. The van der Waals surface area contributed by atoms with Crippen molar-refractivity contribution >= 4 is 22.0 Å². The minimum Gasteiger partial charge on any atom is -0.444 e. The number of aliphatic hydroxyl groups is 1. The van der Waals surface area contributed by atoms with Gasteiger partial charge in [0.2, 0.25) is 0 Å². The number of likely N-dealkylation sites (tertiary alicyclic amines) is 1. The number of nitrogens with zero attached hydrogens (tertiary/aromatic N) is 2. The number of pyridine rings is 1. The second-order valence-corrected chi connectivity index (χ2v) is 6.64. The SMILES string of the molecule is CC(C)(C)OC(=O)N1CC(O)(c2cc(Br)ccn2)C1. The van der Waals surface area contributed by atoms with Gasteiger partial charge in [-0.25, -0.2) is 4.79 Å². The molecule has 5 nitrogen and oxygen atoms in total. The summed E-state index contributed by atoms with van der Waals surface area (Å²) >= 11 is 3.34. The van der Waals surface area contributed by atoms with Crippen LogP contribution in [0, 0.1) is 0 Å². The Hall–Kier alpha value is -1.14. The highest BCUT2D eigenvalue weighted by Crippen LogP contribution is 2.32. The van der Waals surface area contributed by atoms with Crippen LogP contribution < -0.4 is 0 Å². The summed E-state index contributed by atoms with van der Waals surface area (Å²) in [5.74, 6) is 0. The number of hydrogen-bond donors (Lipinski definition) is 1. The van der Waals surface area contributed by atoms with Crippen LogP contribution in [0.3, 0.4) is 0 Å². The Morgan fingerprint density at radius 3 is 2.68 bits per heavy atom. The van der Waals surface area contributed by atoms with Crippen LogP contribution in [0.15, 0.2) is 22.8 Å². The molecule has 1 aromatic heterocycles. The Morgan fingerprint density at radius 1 is 1.53 bits per heavy atom. The Labute approximate surface area is 120 Å². The van der Waals surface area contributed by atoms with Crippen molar-refractivity contribution in [2.24, 2.45) is 0 Å². The van der Waals surface area contributed by atoms with Crippen molar-refractivity contribution in [2.45, 2.75) is 32.0 Å². The van der Waals surface area contributed by atoms with Crippen molar-refractivity contribution in [3.8, 4) is 0 Å². The van der Waals surface area contributed by atoms with E-state index in [1.807, 2.05) is 20.8 Å². The van der Waals surface area contributed by atoms with E-state index in [1.54, 1.807) is 18.3 Å². The van der Waals surface area contributed by atoms with Gasteiger partial charge in [0.25, 0.3) is 0 Å². The van der Waals surface area contributed by atoms with Gasteiger partial charge >= 0.3 is 6.09 Å². The molecule has 0 saturated carbocycles. The van der Waals surface area contributed by atoms with Gasteiger partial charge < -0.3 is 14.7 Å². The highest BCUT2D eigenvalue weighted by molar-refractivity contribution is 9.10. The van der Waals surface area contributed by atoms with Gasteiger partial charge in [-0.05, 0) is 32.9 Å². The van der Waals surface area contributed by atoms with Crippen molar-refractivity contribution in [1.82, 2.24) is 9.88 Å². The highest BCUT2D eigenvalue weighted by Gasteiger charge is 2.47. The molecule has 1 aliphatic heterocycles. The van der Waals surface area contributed by atoms with E-state index in [0.29, 0.717) is 5.69 Å². The zero-order valence-electron chi connectivity index (χ0n) is 11.2. The zero-order valence-corrected chi connectivity index (χ0v) is 12.8. The first-order chi connectivity index (χ1) is 8.70. The molecule has 0 radical (unpaired) electrons. The maximum Gasteiger partial charge on any atom is 0.410 e. The fourth-order valence-corrected chi connectivity index (χ4v) is 2.20. The van der Waals surface area contributed by atoms with E-state index in [9.17, 15) is 9.90 Å². The molecular weight excluding hydrogens is 312 g/mol. The summed E-state index contributed by atoms with van der Waals surface area (Å²) < 4.78 is 6.09. The molecule has 1 fully saturated rings. The molecule has 104 valence electrons. The molecular formula is C13H17BrN2O3. The van der Waals surface area contributed by atoms with Crippen molar-refractivity contribution in [3.05, 3.63) is 28.5 Å². The van der Waals surface area contributed by atoms with Gasteiger partial charge in [0.1, 0.15) is 11.2 Å². The lowest BCUT2D eigenvalue weighted by atomic mass is 9.90. The standard InChI is InChI=1S/C13H17BrN2O3/c1-12(2,3)19-11(17)16-7-13(18,8-16)10-6-9(14)4-5-15-10/h4-6,18H,7-8H2,1-3H3. The van der Waals surface area contributed by atoms with Crippen LogP contribution >= 0.6 is 15.9 Å². The van der Waals surface area contributed by atoms with E-state index in [1.165, 1.54) is 4.90 Å². The zero-order chi connectivity index (χ0) is 14.3. The molecule has 2 rings (SSSR count). The third-order valence-electron chi connectivity index (χ3n) is 2.76. The van der Waals surface area contributed by atoms with E-state index >= 15 is 0 Å². The van der Waals surface area contributed by atoms with Crippen LogP contribution in [-0.2, 0) is 10.3 Å².